The summed E-state index contributed by atoms with van der Waals surface area (Å²) in [4.78, 5) is 22.4. The number of carbonyl (C=O) groups excluding carboxylic acids is 2. The van der Waals surface area contributed by atoms with Crippen LogP contribution in [0.5, 0.6) is 11.5 Å². The summed E-state index contributed by atoms with van der Waals surface area (Å²) in [6, 6.07) is 6.53. The fourth-order valence-corrected chi connectivity index (χ4v) is 1.66. The van der Waals surface area contributed by atoms with E-state index in [4.69, 9.17) is 9.47 Å². The Labute approximate surface area is 116 Å². The van der Waals surface area contributed by atoms with Crippen molar-refractivity contribution in [3.05, 3.63) is 24.3 Å². The highest BCUT2D eigenvalue weighted by molar-refractivity contribution is 5.87. The van der Waals surface area contributed by atoms with Crippen molar-refractivity contribution in [3.63, 3.8) is 0 Å². The number of methoxy groups -OCH3 is 1. The van der Waals surface area contributed by atoms with Crippen LogP contribution >= 0.6 is 0 Å². The van der Waals surface area contributed by atoms with E-state index in [1.54, 1.807) is 31.4 Å². The molecule has 1 aromatic carbocycles. The zero-order valence-corrected chi connectivity index (χ0v) is 11.0. The second-order valence-electron chi connectivity index (χ2n) is 4.11. The number of benzene rings is 1. The Morgan fingerprint density at radius 2 is 2.10 bits per heavy atom. The molecule has 0 saturated carbocycles. The first-order chi connectivity index (χ1) is 9.69. The number of nitrogens with one attached hydrogen (secondary N) is 2. The van der Waals surface area contributed by atoms with Crippen molar-refractivity contribution < 1.29 is 23.8 Å². The lowest BCUT2D eigenvalue weighted by molar-refractivity contribution is -0.122. The largest absolute Gasteiger partial charge is 0.497 e. The molecular formula is C13H16N2O5. The number of cyclic esters (lactones) is 1. The molecule has 2 N–H and O–H groups in total. The van der Waals surface area contributed by atoms with Gasteiger partial charge in [0.25, 0.3) is 0 Å². The molecule has 0 aromatic heterocycles. The first-order valence-corrected chi connectivity index (χ1v) is 6.17. The standard InChI is InChI=1S/C13H16N2O5/c1-18-9-2-4-10(5-3-9)19-7-6-14-12(16)11-8-20-13(17)15-11/h2-5,11H,6-8H2,1H3,(H,14,16)(H,15,17). The molecule has 1 aromatic rings. The third kappa shape index (κ3) is 3.78. The molecule has 0 bridgehead atoms. The van der Waals surface area contributed by atoms with Gasteiger partial charge in [-0.3, -0.25) is 4.79 Å². The van der Waals surface area contributed by atoms with E-state index in [1.165, 1.54) is 0 Å². The topological polar surface area (TPSA) is 85.9 Å². The number of hydrogen-bond donors (Lipinski definition) is 2. The van der Waals surface area contributed by atoms with Gasteiger partial charge >= 0.3 is 6.09 Å². The van der Waals surface area contributed by atoms with Gasteiger partial charge in [-0.15, -0.1) is 0 Å². The monoisotopic (exact) mass is 280 g/mol. The first-order valence-electron chi connectivity index (χ1n) is 6.17. The third-order valence-corrected chi connectivity index (χ3v) is 2.72. The summed E-state index contributed by atoms with van der Waals surface area (Å²) in [7, 11) is 1.59. The van der Waals surface area contributed by atoms with Gasteiger partial charge in [-0.2, -0.15) is 0 Å². The quantitative estimate of drug-likeness (QED) is 0.732. The molecule has 1 aliphatic rings. The Morgan fingerprint density at radius 1 is 1.40 bits per heavy atom. The molecule has 0 aliphatic carbocycles. The summed E-state index contributed by atoms with van der Waals surface area (Å²) in [5, 5.41) is 5.05. The Balaban J connectivity index is 1.65. The van der Waals surface area contributed by atoms with Crippen LogP contribution in [0.3, 0.4) is 0 Å². The maximum atomic E-state index is 11.6. The van der Waals surface area contributed by atoms with E-state index < -0.39 is 12.1 Å². The van der Waals surface area contributed by atoms with Crippen LogP contribution in [-0.2, 0) is 9.53 Å². The average molecular weight is 280 g/mol. The lowest BCUT2D eigenvalue weighted by Gasteiger charge is -2.10. The predicted octanol–water partition coefficient (Wildman–Crippen LogP) is 0.299. The van der Waals surface area contributed by atoms with Crippen molar-refractivity contribution in [2.45, 2.75) is 6.04 Å². The minimum Gasteiger partial charge on any atom is -0.497 e. The smallest absolute Gasteiger partial charge is 0.407 e. The molecule has 2 rings (SSSR count). The maximum absolute atomic E-state index is 11.6. The minimum atomic E-state index is -0.622. The molecule has 7 heteroatoms. The van der Waals surface area contributed by atoms with E-state index in [2.05, 4.69) is 15.4 Å². The van der Waals surface area contributed by atoms with E-state index in [9.17, 15) is 9.59 Å². The zero-order chi connectivity index (χ0) is 14.4. The molecule has 20 heavy (non-hydrogen) atoms. The number of amides is 2. The number of carbonyl (C=O) groups is 2. The van der Waals surface area contributed by atoms with Crippen LogP contribution in [-0.4, -0.2) is 44.9 Å². The van der Waals surface area contributed by atoms with Crippen molar-refractivity contribution in [1.82, 2.24) is 10.6 Å². The first kappa shape index (κ1) is 14.0. The molecule has 1 aliphatic heterocycles. The van der Waals surface area contributed by atoms with Gasteiger partial charge < -0.3 is 24.8 Å². The molecule has 1 fully saturated rings. The molecule has 1 saturated heterocycles. The number of rotatable bonds is 6. The van der Waals surface area contributed by atoms with Crippen molar-refractivity contribution in [3.8, 4) is 11.5 Å². The van der Waals surface area contributed by atoms with Crippen molar-refractivity contribution in [2.24, 2.45) is 0 Å². The summed E-state index contributed by atoms with van der Waals surface area (Å²) in [5.41, 5.74) is 0. The van der Waals surface area contributed by atoms with Gasteiger partial charge in [-0.05, 0) is 24.3 Å². The van der Waals surface area contributed by atoms with Gasteiger partial charge in [0.2, 0.25) is 5.91 Å². The molecule has 7 nitrogen and oxygen atoms in total. The van der Waals surface area contributed by atoms with Gasteiger partial charge in [0.15, 0.2) is 0 Å². The van der Waals surface area contributed by atoms with Crippen molar-refractivity contribution >= 4 is 12.0 Å². The minimum absolute atomic E-state index is 0.0595. The summed E-state index contributed by atoms with van der Waals surface area (Å²) in [6.07, 6.45) is -0.570. The lowest BCUT2D eigenvalue weighted by Crippen LogP contribution is -2.44. The summed E-state index contributed by atoms with van der Waals surface area (Å²) in [6.45, 7) is 0.737. The fourth-order valence-electron chi connectivity index (χ4n) is 1.66. The van der Waals surface area contributed by atoms with Gasteiger partial charge in [0.05, 0.1) is 13.7 Å². The highest BCUT2D eigenvalue weighted by Crippen LogP contribution is 2.16. The Kier molecular flexibility index (Phi) is 4.65. The second kappa shape index (κ2) is 6.65. The molecule has 0 spiro atoms. The van der Waals surface area contributed by atoms with E-state index in [-0.39, 0.29) is 12.5 Å². The van der Waals surface area contributed by atoms with Crippen LogP contribution in [0.15, 0.2) is 24.3 Å². The van der Waals surface area contributed by atoms with Crippen LogP contribution in [0.25, 0.3) is 0 Å². The van der Waals surface area contributed by atoms with Crippen molar-refractivity contribution in [1.29, 1.82) is 0 Å². The molecule has 2 amide bonds. The number of ether oxygens (including phenoxy) is 3. The van der Waals surface area contributed by atoms with E-state index in [0.29, 0.717) is 18.9 Å². The zero-order valence-electron chi connectivity index (χ0n) is 11.0. The molecule has 1 unspecified atom stereocenters. The average Bonchev–Trinajstić information content (AvgIpc) is 2.91. The van der Waals surface area contributed by atoms with Crippen LogP contribution in [0, 0.1) is 0 Å². The van der Waals surface area contributed by atoms with Gasteiger partial charge in [0, 0.05) is 0 Å². The van der Waals surface area contributed by atoms with Crippen LogP contribution in [0.4, 0.5) is 4.79 Å². The summed E-state index contributed by atoms with van der Waals surface area (Å²) in [5.74, 6) is 1.16. The molecule has 1 heterocycles. The highest BCUT2D eigenvalue weighted by atomic mass is 16.6. The SMILES string of the molecule is COc1ccc(OCCNC(=O)C2COC(=O)N2)cc1. The van der Waals surface area contributed by atoms with Gasteiger partial charge in [-0.1, -0.05) is 0 Å². The number of hydrogen-bond acceptors (Lipinski definition) is 5. The summed E-state index contributed by atoms with van der Waals surface area (Å²) >= 11 is 0. The Bertz CT molecular complexity index is 474. The van der Waals surface area contributed by atoms with Gasteiger partial charge in [0.1, 0.15) is 30.8 Å². The molecule has 108 valence electrons. The Hall–Kier alpha value is -2.44. The van der Waals surface area contributed by atoms with E-state index in [0.717, 1.165) is 5.75 Å². The third-order valence-electron chi connectivity index (χ3n) is 2.72. The van der Waals surface area contributed by atoms with Crippen LogP contribution in [0.1, 0.15) is 0 Å². The predicted molar refractivity (Wildman–Crippen MR) is 69.8 cm³/mol. The van der Waals surface area contributed by atoms with Crippen LogP contribution < -0.4 is 20.1 Å². The van der Waals surface area contributed by atoms with Crippen molar-refractivity contribution in [2.75, 3.05) is 26.9 Å². The Morgan fingerprint density at radius 3 is 2.70 bits per heavy atom. The molecule has 0 radical (unpaired) electrons. The second-order valence-corrected chi connectivity index (χ2v) is 4.11. The molecule has 1 atom stereocenters. The molecular weight excluding hydrogens is 264 g/mol. The highest BCUT2D eigenvalue weighted by Gasteiger charge is 2.28. The van der Waals surface area contributed by atoms with E-state index in [1.807, 2.05) is 0 Å². The normalized spacial score (nSPS) is 17.1. The van der Waals surface area contributed by atoms with Gasteiger partial charge in [-0.25, -0.2) is 4.79 Å². The van der Waals surface area contributed by atoms with Crippen LogP contribution in [0.2, 0.25) is 0 Å². The lowest BCUT2D eigenvalue weighted by atomic mass is 10.3. The van der Waals surface area contributed by atoms with E-state index >= 15 is 0 Å². The maximum Gasteiger partial charge on any atom is 0.407 e. The number of alkyl carbamates (subject to hydrolysis) is 1. The fraction of sp³-hybridized carbons (Fsp3) is 0.385. The summed E-state index contributed by atoms with van der Waals surface area (Å²) < 4.78 is 15.1.